The van der Waals surface area contributed by atoms with Crippen molar-refractivity contribution in [1.82, 2.24) is 28.7 Å². The molecule has 2 aromatic carbocycles. The van der Waals surface area contributed by atoms with Crippen LogP contribution in [0.25, 0.3) is 49.8 Å². The van der Waals surface area contributed by atoms with Crippen LogP contribution in [0.3, 0.4) is 0 Å². The predicted molar refractivity (Wildman–Crippen MR) is 124 cm³/mol. The molecule has 4 aromatic heterocycles. The number of hydrogen-bond acceptors (Lipinski definition) is 3. The fraction of sp³-hybridized carbons (Fsp3) is 0.0800. The molecule has 4 heterocycles. The molecule has 32 heavy (non-hydrogen) atoms. The first-order valence-corrected chi connectivity index (χ1v) is 10.1. The van der Waals surface area contributed by atoms with Crippen LogP contribution in [0.2, 0.25) is 0 Å². The van der Waals surface area contributed by atoms with Crippen molar-refractivity contribution in [2.75, 3.05) is 0 Å². The van der Waals surface area contributed by atoms with Crippen molar-refractivity contribution in [3.63, 3.8) is 0 Å². The molecule has 0 bridgehead atoms. The van der Waals surface area contributed by atoms with Gasteiger partial charge in [0.25, 0.3) is 0 Å². The molecule has 6 aromatic rings. The maximum Gasteiger partial charge on any atom is 0.101 e. The van der Waals surface area contributed by atoms with Crippen LogP contribution >= 0.6 is 0 Å². The van der Waals surface area contributed by atoms with Gasteiger partial charge in [-0.2, -0.15) is 0 Å². The molecule has 0 N–H and O–H groups in total. The molecule has 0 fully saturated rings. The van der Waals surface area contributed by atoms with E-state index in [4.69, 9.17) is 4.98 Å². The normalized spacial score (nSPS) is 11.2. The minimum absolute atomic E-state index is 0. The average Bonchev–Trinajstić information content (AvgIpc) is 3.10. The van der Waals surface area contributed by atoms with E-state index in [0.29, 0.717) is 5.65 Å². The second kappa shape index (κ2) is 7.86. The summed E-state index contributed by atoms with van der Waals surface area (Å²) in [6.45, 7) is 0. The molecular weight excluding hydrogens is 577 g/mol. The number of para-hydroxylation sites is 3. The van der Waals surface area contributed by atoms with Gasteiger partial charge in [-0.3, -0.25) is 9.97 Å². The molecule has 0 saturated heterocycles. The summed E-state index contributed by atoms with van der Waals surface area (Å²) < 4.78 is 6.19. The first-order chi connectivity index (χ1) is 15.2. The number of nitrogens with zero attached hydrogens (tertiary/aromatic N) is 6. The Morgan fingerprint density at radius 1 is 0.688 bits per heavy atom. The van der Waals surface area contributed by atoms with Gasteiger partial charge in [0, 0.05) is 80.2 Å². The van der Waals surface area contributed by atoms with E-state index in [1.54, 1.807) is 6.20 Å². The third-order valence-electron chi connectivity index (χ3n) is 5.88. The maximum absolute atomic E-state index is 4.78. The van der Waals surface area contributed by atoms with Gasteiger partial charge in [-0.1, -0.05) is 42.5 Å². The number of aryl methyl sites for hydroxylation is 2. The van der Waals surface area contributed by atoms with Gasteiger partial charge in [0.1, 0.15) is 5.65 Å². The summed E-state index contributed by atoms with van der Waals surface area (Å²) in [6.07, 6.45) is 6.86. The number of hydrogen-bond donors (Lipinski definition) is 0. The quantitative estimate of drug-likeness (QED) is 0.255. The largest absolute Gasteiger partial charge is 0.404 e. The summed E-state index contributed by atoms with van der Waals surface area (Å²) in [4.78, 5) is 13.8. The van der Waals surface area contributed by atoms with Gasteiger partial charge < -0.3 is 18.7 Å². The van der Waals surface area contributed by atoms with Crippen molar-refractivity contribution in [1.29, 1.82) is 0 Å². The number of benzene rings is 2. The maximum atomic E-state index is 4.78. The number of rotatable bonds is 1. The van der Waals surface area contributed by atoms with Crippen LogP contribution in [-0.4, -0.2) is 28.7 Å². The number of aromatic nitrogens is 6. The summed E-state index contributed by atoms with van der Waals surface area (Å²) in [5.41, 5.74) is 5.80. The standard InChI is InChI=1S/C25H19N6.Ir/c1-29-19-9-4-3-8-17(19)18-14-24(27-15-23(18)29)31-16-28-25-22(12-7-13-26-25)30(2)20-10-5-6-11-21(20)31;/h3-15H,1-2H3;/q-1;. The van der Waals surface area contributed by atoms with Crippen LogP contribution in [-0.2, 0) is 34.2 Å². The van der Waals surface area contributed by atoms with Gasteiger partial charge in [-0.05, 0) is 29.8 Å². The number of fused-ring (bicyclic) bond motifs is 5. The second-order valence-corrected chi connectivity index (χ2v) is 7.58. The fourth-order valence-electron chi connectivity index (χ4n) is 4.30. The Morgan fingerprint density at radius 2 is 1.38 bits per heavy atom. The van der Waals surface area contributed by atoms with Crippen molar-refractivity contribution in [2.45, 2.75) is 0 Å². The van der Waals surface area contributed by atoms with Gasteiger partial charge in [0.15, 0.2) is 0 Å². The molecule has 0 amide bonds. The van der Waals surface area contributed by atoms with E-state index < -0.39 is 0 Å². The van der Waals surface area contributed by atoms with E-state index in [9.17, 15) is 0 Å². The molecule has 7 heteroatoms. The van der Waals surface area contributed by atoms with Crippen LogP contribution in [0, 0.1) is 6.33 Å². The molecule has 0 aliphatic heterocycles. The van der Waals surface area contributed by atoms with Crippen LogP contribution in [0.1, 0.15) is 0 Å². The van der Waals surface area contributed by atoms with Gasteiger partial charge in [0.2, 0.25) is 0 Å². The Bertz CT molecular complexity index is 1670. The van der Waals surface area contributed by atoms with E-state index in [1.165, 1.54) is 10.9 Å². The molecule has 0 saturated carbocycles. The van der Waals surface area contributed by atoms with Gasteiger partial charge in [-0.25, -0.2) is 0 Å². The summed E-state index contributed by atoms with van der Waals surface area (Å²) in [5.74, 6) is 0.757. The van der Waals surface area contributed by atoms with Gasteiger partial charge in [-0.15, -0.1) is 0 Å². The first kappa shape index (κ1) is 20.4. The second-order valence-electron chi connectivity index (χ2n) is 7.58. The van der Waals surface area contributed by atoms with E-state index in [2.05, 4.69) is 74.9 Å². The van der Waals surface area contributed by atoms with E-state index in [-0.39, 0.29) is 20.1 Å². The Kier molecular flexibility index (Phi) is 5.00. The summed E-state index contributed by atoms with van der Waals surface area (Å²) in [5, 5.41) is 2.35. The third kappa shape index (κ3) is 3.01. The topological polar surface area (TPSA) is 53.5 Å². The van der Waals surface area contributed by atoms with Crippen molar-refractivity contribution < 1.29 is 20.1 Å². The van der Waals surface area contributed by atoms with Crippen molar-refractivity contribution >= 4 is 44.0 Å². The number of pyridine rings is 2. The molecule has 0 spiro atoms. The van der Waals surface area contributed by atoms with Crippen molar-refractivity contribution in [3.8, 4) is 5.82 Å². The zero-order valence-electron chi connectivity index (χ0n) is 17.5. The van der Waals surface area contributed by atoms with Crippen LogP contribution in [0.5, 0.6) is 0 Å². The van der Waals surface area contributed by atoms with Crippen LogP contribution in [0.4, 0.5) is 0 Å². The first-order valence-electron chi connectivity index (χ1n) is 10.1. The van der Waals surface area contributed by atoms with Crippen molar-refractivity contribution in [2.24, 2.45) is 14.1 Å². The minimum atomic E-state index is 0. The predicted octanol–water partition coefficient (Wildman–Crippen LogP) is 4.87. The Labute approximate surface area is 197 Å². The van der Waals surface area contributed by atoms with Crippen molar-refractivity contribution in [3.05, 3.63) is 85.5 Å². The van der Waals surface area contributed by atoms with Crippen LogP contribution in [0.15, 0.2) is 79.1 Å². The smallest absolute Gasteiger partial charge is 0.101 e. The Hall–Kier alpha value is -3.54. The molecule has 0 atom stereocenters. The summed E-state index contributed by atoms with van der Waals surface area (Å²) in [7, 11) is 4.10. The molecule has 1 radical (unpaired) electrons. The summed E-state index contributed by atoms with van der Waals surface area (Å²) in [6, 6.07) is 22.6. The zero-order valence-corrected chi connectivity index (χ0v) is 19.9. The van der Waals surface area contributed by atoms with Crippen LogP contribution < -0.4 is 0 Å². The molecule has 6 nitrogen and oxygen atoms in total. The molecular formula is C25H19IrN6-. The SMILES string of the molecule is Cn1c2ccccc2c2cc(-n3[c-]nc4ncccc4n(C)c4ccccc43)ncc21.[Ir]. The van der Waals surface area contributed by atoms with Gasteiger partial charge in [0.05, 0.1) is 11.3 Å². The Balaban J connectivity index is 0.00000216. The van der Waals surface area contributed by atoms with E-state index in [1.807, 2.05) is 42.1 Å². The summed E-state index contributed by atoms with van der Waals surface area (Å²) >= 11 is 0. The molecule has 159 valence electrons. The van der Waals surface area contributed by atoms with Gasteiger partial charge >= 0.3 is 0 Å². The average molecular weight is 596 g/mol. The fourth-order valence-corrected chi connectivity index (χ4v) is 4.30. The third-order valence-corrected chi connectivity index (χ3v) is 5.88. The minimum Gasteiger partial charge on any atom is -0.404 e. The zero-order chi connectivity index (χ0) is 20.9. The van der Waals surface area contributed by atoms with E-state index in [0.717, 1.165) is 33.3 Å². The molecule has 0 aliphatic rings. The molecule has 0 aliphatic carbocycles. The van der Waals surface area contributed by atoms with E-state index >= 15 is 0 Å². The molecule has 6 rings (SSSR count). The monoisotopic (exact) mass is 596 g/mol. The molecule has 0 unspecified atom stereocenters. The Morgan fingerprint density at radius 3 is 2.22 bits per heavy atom.